The van der Waals surface area contributed by atoms with Gasteiger partial charge in [0.25, 0.3) is 8.32 Å². The molecule has 0 saturated carbocycles. The van der Waals surface area contributed by atoms with E-state index in [0.29, 0.717) is 0 Å². The number of benzene rings is 6. The van der Waals surface area contributed by atoms with E-state index in [2.05, 4.69) is 27.4 Å². The number of ether oxygens (including phenoxy) is 8. The van der Waals surface area contributed by atoms with Gasteiger partial charge in [-0.1, -0.05) is 160 Å². The van der Waals surface area contributed by atoms with E-state index in [1.54, 1.807) is 84.9 Å². The molecule has 0 aliphatic carbocycles. The number of aliphatic hydroxyl groups is 2. The van der Waals surface area contributed by atoms with Crippen molar-refractivity contribution in [2.45, 2.75) is 87.2 Å². The molecule has 2 fully saturated rings. The third kappa shape index (κ3) is 12.7. The molecule has 0 radical (unpaired) electrons. The molecule has 10 atom stereocenters. The van der Waals surface area contributed by atoms with E-state index in [-0.39, 0.29) is 35.5 Å². The van der Waals surface area contributed by atoms with E-state index in [9.17, 15) is 29.4 Å². The van der Waals surface area contributed by atoms with Gasteiger partial charge in [-0.05, 0) is 63.9 Å². The first-order chi connectivity index (χ1) is 36.3. The minimum Gasteiger partial charge on any atom is -0.459 e. The highest BCUT2D eigenvalue weighted by molar-refractivity contribution is 6.99. The molecule has 15 nitrogen and oxygen atoms in total. The second-order valence-electron chi connectivity index (χ2n) is 18.9. The second-order valence-corrected chi connectivity index (χ2v) is 23.2. The fraction of sp³-hybridized carbons (Fsp3) is 0.288. The minimum atomic E-state index is -3.21. The number of carbonyl (C=O) groups excluding carboxylic acids is 4. The Morgan fingerprint density at radius 2 is 0.907 bits per heavy atom. The van der Waals surface area contributed by atoms with E-state index in [1.807, 2.05) is 60.7 Å². The van der Waals surface area contributed by atoms with Crippen molar-refractivity contribution in [3.05, 3.63) is 217 Å². The van der Waals surface area contributed by atoms with Gasteiger partial charge >= 0.3 is 23.9 Å². The zero-order valence-electron chi connectivity index (χ0n) is 41.7. The fourth-order valence-electron chi connectivity index (χ4n) is 9.25. The van der Waals surface area contributed by atoms with Crippen molar-refractivity contribution in [1.82, 2.24) is 0 Å². The standard InChI is InChI=1S/C59H60O15Si/c1-5-36-66-57-50(48(61)47(60)45(69-57)38-68-75(59(2,3)4,43-32-20-10-21-33-43)44-34-22-11-23-35-44)74-58-52(73-56(65)42-30-18-9-19-31-42)51(72-55(64)41-28-16-8-17-29-41)49(71-54(63)40-26-14-7-15-27-40)46(70-58)37-67-53(62)39-24-12-6-13-25-39/h5-35,45-52,57-58,60-61H,1,36-38H2,2-4H3/t45-,46-,47-,48+,49-,50+,51+,52+,57+,58-/m1/s1. The topological polar surface area (TPSA) is 192 Å². The van der Waals surface area contributed by atoms with Crippen LogP contribution in [0.25, 0.3) is 0 Å². The molecule has 2 aliphatic heterocycles. The van der Waals surface area contributed by atoms with Crippen LogP contribution in [0.15, 0.2) is 195 Å². The number of esters is 4. The first-order valence-electron chi connectivity index (χ1n) is 24.6. The third-order valence-corrected chi connectivity index (χ3v) is 17.9. The molecule has 2 heterocycles. The monoisotopic (exact) mass is 1040 g/mol. The summed E-state index contributed by atoms with van der Waals surface area (Å²) in [6, 6.07) is 51.6. The van der Waals surface area contributed by atoms with E-state index >= 15 is 0 Å². The summed E-state index contributed by atoms with van der Waals surface area (Å²) in [4.78, 5) is 56.1. The maximum absolute atomic E-state index is 14.2. The normalized spacial score (nSPS) is 23.7. The van der Waals surface area contributed by atoms with Crippen LogP contribution in [0.5, 0.6) is 0 Å². The highest BCUT2D eigenvalue weighted by Crippen LogP contribution is 2.39. The minimum absolute atomic E-state index is 0.0773. The molecule has 16 heteroatoms. The van der Waals surface area contributed by atoms with Crippen LogP contribution in [0.4, 0.5) is 0 Å². The van der Waals surface area contributed by atoms with Crippen molar-refractivity contribution in [3.8, 4) is 0 Å². The lowest BCUT2D eigenvalue weighted by atomic mass is 9.96. The summed E-state index contributed by atoms with van der Waals surface area (Å²) < 4.78 is 57.5. The molecule has 0 unspecified atom stereocenters. The Morgan fingerprint density at radius 1 is 0.507 bits per heavy atom. The maximum atomic E-state index is 14.2. The fourth-order valence-corrected chi connectivity index (χ4v) is 13.8. The van der Waals surface area contributed by atoms with Crippen LogP contribution in [-0.2, 0) is 42.3 Å². The van der Waals surface area contributed by atoms with Crippen molar-refractivity contribution in [2.24, 2.45) is 0 Å². The van der Waals surface area contributed by atoms with Gasteiger partial charge in [-0.3, -0.25) is 0 Å². The predicted molar refractivity (Wildman–Crippen MR) is 278 cm³/mol. The number of rotatable bonds is 19. The first-order valence-corrected chi connectivity index (χ1v) is 26.5. The summed E-state index contributed by atoms with van der Waals surface area (Å²) in [7, 11) is -3.21. The summed E-state index contributed by atoms with van der Waals surface area (Å²) >= 11 is 0. The van der Waals surface area contributed by atoms with Gasteiger partial charge < -0.3 is 52.5 Å². The second kappa shape index (κ2) is 24.9. The Bertz CT molecular complexity index is 2760. The Balaban J connectivity index is 1.18. The van der Waals surface area contributed by atoms with Crippen molar-refractivity contribution < 1.29 is 71.7 Å². The molecule has 2 aliphatic rings. The molecular weight excluding hydrogens is 977 g/mol. The van der Waals surface area contributed by atoms with E-state index in [0.717, 1.165) is 10.4 Å². The Hall–Kier alpha value is -7.12. The lowest BCUT2D eigenvalue weighted by Gasteiger charge is -2.48. The van der Waals surface area contributed by atoms with Crippen LogP contribution < -0.4 is 10.4 Å². The molecule has 0 amide bonds. The molecule has 0 bridgehead atoms. The quantitative estimate of drug-likeness (QED) is 0.0370. The molecule has 2 N–H and O–H groups in total. The SMILES string of the molecule is C=CCO[C@H]1O[C@H](CO[Si](c2ccccc2)(c2ccccc2)C(C)(C)C)[C@@H](O)[C@H](O)[C@@H]1O[C@H]1O[C@H](COC(=O)c2ccccc2)[C@@H](OC(=O)c2ccccc2)[C@H](OC(=O)c2ccccc2)[C@@H]1OC(=O)c1ccccc1. The third-order valence-electron chi connectivity index (χ3n) is 12.9. The molecular formula is C59H60O15Si. The van der Waals surface area contributed by atoms with Gasteiger partial charge in [-0.2, -0.15) is 0 Å². The molecule has 0 spiro atoms. The Morgan fingerprint density at radius 3 is 1.35 bits per heavy atom. The lowest BCUT2D eigenvalue weighted by molar-refractivity contribution is -0.364. The molecule has 2 saturated heterocycles. The zero-order valence-corrected chi connectivity index (χ0v) is 42.7. The van der Waals surface area contributed by atoms with Crippen LogP contribution in [0.1, 0.15) is 62.2 Å². The Labute approximate surface area is 436 Å². The van der Waals surface area contributed by atoms with Gasteiger partial charge in [0.2, 0.25) is 0 Å². The van der Waals surface area contributed by atoms with Crippen LogP contribution in [0.3, 0.4) is 0 Å². The number of aliphatic hydroxyl groups excluding tert-OH is 2. The van der Waals surface area contributed by atoms with E-state index in [1.165, 1.54) is 42.5 Å². The first kappa shape index (κ1) is 54.1. The molecule has 0 aromatic heterocycles. The molecule has 6 aromatic carbocycles. The molecule has 6 aromatic rings. The predicted octanol–water partition coefficient (Wildman–Crippen LogP) is 6.86. The van der Waals surface area contributed by atoms with Gasteiger partial charge in [0, 0.05) is 0 Å². The van der Waals surface area contributed by atoms with Crippen molar-refractivity contribution in [1.29, 1.82) is 0 Å². The number of hydrogen-bond acceptors (Lipinski definition) is 15. The lowest BCUT2D eigenvalue weighted by Crippen LogP contribution is -2.69. The van der Waals surface area contributed by atoms with Gasteiger partial charge in [-0.15, -0.1) is 6.58 Å². The molecule has 8 rings (SSSR count). The number of hydrogen-bond donors (Lipinski definition) is 2. The summed E-state index contributed by atoms with van der Waals surface area (Å²) in [6.07, 6.45) is -15.1. The van der Waals surface area contributed by atoms with Crippen LogP contribution in [0, 0.1) is 0 Å². The van der Waals surface area contributed by atoms with Gasteiger partial charge in [0.1, 0.15) is 37.1 Å². The molecule has 390 valence electrons. The zero-order chi connectivity index (χ0) is 53.0. The van der Waals surface area contributed by atoms with Crippen LogP contribution in [0.2, 0.25) is 5.04 Å². The Kier molecular flexibility index (Phi) is 18.0. The largest absolute Gasteiger partial charge is 0.459 e. The number of carbonyl (C=O) groups is 4. The highest BCUT2D eigenvalue weighted by atomic mass is 28.4. The van der Waals surface area contributed by atoms with Crippen molar-refractivity contribution in [2.75, 3.05) is 19.8 Å². The maximum Gasteiger partial charge on any atom is 0.338 e. The summed E-state index contributed by atoms with van der Waals surface area (Å²) in [5.41, 5.74) is 0.452. The summed E-state index contributed by atoms with van der Waals surface area (Å²) in [5.74, 6) is -3.51. The van der Waals surface area contributed by atoms with Crippen LogP contribution in [-0.4, -0.2) is 124 Å². The van der Waals surface area contributed by atoms with Gasteiger partial charge in [0.15, 0.2) is 30.9 Å². The highest BCUT2D eigenvalue weighted by Gasteiger charge is 2.57. The smallest absolute Gasteiger partial charge is 0.338 e. The van der Waals surface area contributed by atoms with Gasteiger partial charge in [-0.25, -0.2) is 19.2 Å². The van der Waals surface area contributed by atoms with Crippen molar-refractivity contribution >= 4 is 42.6 Å². The van der Waals surface area contributed by atoms with E-state index < -0.39 is 105 Å². The average Bonchev–Trinajstić information content (AvgIpc) is 3.44. The average molecular weight is 1040 g/mol. The van der Waals surface area contributed by atoms with Crippen LogP contribution >= 0.6 is 0 Å². The molecule has 75 heavy (non-hydrogen) atoms. The van der Waals surface area contributed by atoms with E-state index in [4.69, 9.17) is 42.3 Å². The van der Waals surface area contributed by atoms with Crippen molar-refractivity contribution in [3.63, 3.8) is 0 Å². The van der Waals surface area contributed by atoms with Gasteiger partial charge in [0.05, 0.1) is 35.5 Å². The summed E-state index contributed by atoms with van der Waals surface area (Å²) in [5, 5.41) is 25.9. The summed E-state index contributed by atoms with van der Waals surface area (Å²) in [6.45, 7) is 9.13.